The summed E-state index contributed by atoms with van der Waals surface area (Å²) in [6.07, 6.45) is 8.25. The normalized spacial score (nSPS) is 16.5. The molecule has 1 fully saturated rings. The van der Waals surface area contributed by atoms with Crippen LogP contribution >= 0.6 is 11.3 Å². The maximum absolute atomic E-state index is 4.64. The van der Waals surface area contributed by atoms with Gasteiger partial charge in [0.1, 0.15) is 0 Å². The lowest BCUT2D eigenvalue weighted by molar-refractivity contribution is 0.495. The number of hydrogen-bond acceptors (Lipinski definition) is 3. The molecule has 1 atom stereocenters. The van der Waals surface area contributed by atoms with E-state index in [0.717, 1.165) is 25.4 Å². The van der Waals surface area contributed by atoms with Gasteiger partial charge in [-0.15, -0.1) is 11.3 Å². The predicted octanol–water partition coefficient (Wildman–Crippen LogP) is 3.62. The van der Waals surface area contributed by atoms with Gasteiger partial charge in [0.15, 0.2) is 0 Å². The fourth-order valence-corrected chi connectivity index (χ4v) is 3.45. The number of aryl methyl sites for hydroxylation is 1. The van der Waals surface area contributed by atoms with E-state index in [-0.39, 0.29) is 0 Å². The zero-order valence-corrected chi connectivity index (χ0v) is 13.1. The average Bonchev–Trinajstić information content (AvgIpc) is 3.02. The van der Waals surface area contributed by atoms with E-state index in [1.165, 1.54) is 29.1 Å². The van der Waals surface area contributed by atoms with Crippen molar-refractivity contribution in [1.29, 1.82) is 0 Å². The van der Waals surface area contributed by atoms with Crippen LogP contribution < -0.4 is 5.32 Å². The molecule has 2 aromatic heterocycles. The molecule has 0 radical (unpaired) electrons. The first-order valence-electron chi connectivity index (χ1n) is 7.62. The van der Waals surface area contributed by atoms with Crippen molar-refractivity contribution in [3.05, 3.63) is 40.1 Å². The Morgan fingerprint density at radius 1 is 1.45 bits per heavy atom. The summed E-state index contributed by atoms with van der Waals surface area (Å²) in [5.41, 5.74) is 2.61. The smallest absolute Gasteiger partial charge is 0.0926 e. The van der Waals surface area contributed by atoms with E-state index in [1.807, 2.05) is 0 Å². The van der Waals surface area contributed by atoms with Gasteiger partial charge >= 0.3 is 0 Å². The number of hydrogen-bond donors (Lipinski definition) is 1. The Morgan fingerprint density at radius 3 is 2.95 bits per heavy atom. The number of aromatic nitrogens is 2. The van der Waals surface area contributed by atoms with Gasteiger partial charge in [-0.05, 0) is 43.4 Å². The maximum Gasteiger partial charge on any atom is 0.0926 e. The number of rotatable bonds is 7. The highest BCUT2D eigenvalue weighted by molar-refractivity contribution is 7.09. The first-order chi connectivity index (χ1) is 9.80. The van der Waals surface area contributed by atoms with Crippen LogP contribution in [0, 0.1) is 5.92 Å². The van der Waals surface area contributed by atoms with Crippen LogP contribution in [-0.2, 0) is 13.0 Å². The number of nitrogens with one attached hydrogen (secondary N) is 1. The third-order valence-electron chi connectivity index (χ3n) is 3.90. The number of nitrogens with zero attached hydrogens (tertiary/aromatic N) is 2. The lowest BCUT2D eigenvalue weighted by atomic mass is 10.1. The maximum atomic E-state index is 4.64. The monoisotopic (exact) mass is 289 g/mol. The van der Waals surface area contributed by atoms with Crippen LogP contribution in [-0.4, -0.2) is 16.1 Å². The molecule has 1 unspecified atom stereocenters. The van der Waals surface area contributed by atoms with Crippen LogP contribution in [0.2, 0.25) is 0 Å². The van der Waals surface area contributed by atoms with Crippen molar-refractivity contribution in [2.45, 2.75) is 45.7 Å². The molecule has 4 heteroatoms. The Bertz CT molecular complexity index is 554. The standard InChI is InChI=1S/C16H23N3S/c1-3-15-18-14(11-20-15)10-19-8-7-13(9-19)16(17-4-2)12-5-6-12/h7-9,11-12,16-17H,3-6,10H2,1-2H3. The van der Waals surface area contributed by atoms with Gasteiger partial charge < -0.3 is 9.88 Å². The van der Waals surface area contributed by atoms with E-state index in [9.17, 15) is 0 Å². The van der Waals surface area contributed by atoms with Crippen LogP contribution in [0.15, 0.2) is 23.8 Å². The van der Waals surface area contributed by atoms with Gasteiger partial charge in [-0.1, -0.05) is 13.8 Å². The van der Waals surface area contributed by atoms with Crippen molar-refractivity contribution in [2.24, 2.45) is 5.92 Å². The van der Waals surface area contributed by atoms with Gasteiger partial charge in [0.05, 0.1) is 17.2 Å². The summed E-state index contributed by atoms with van der Waals surface area (Å²) in [6.45, 7) is 6.28. The molecule has 0 spiro atoms. The molecule has 0 amide bonds. The van der Waals surface area contributed by atoms with E-state index in [4.69, 9.17) is 0 Å². The molecule has 2 aromatic rings. The molecule has 1 aliphatic carbocycles. The molecule has 3 nitrogen and oxygen atoms in total. The third kappa shape index (κ3) is 3.13. The number of thiazole rings is 1. The highest BCUT2D eigenvalue weighted by Crippen LogP contribution is 2.41. The van der Waals surface area contributed by atoms with Crippen LogP contribution in [0.5, 0.6) is 0 Å². The van der Waals surface area contributed by atoms with E-state index in [0.29, 0.717) is 6.04 Å². The van der Waals surface area contributed by atoms with Crippen LogP contribution in [0.25, 0.3) is 0 Å². The van der Waals surface area contributed by atoms with Crippen LogP contribution in [0.4, 0.5) is 0 Å². The van der Waals surface area contributed by atoms with Gasteiger partial charge in [-0.2, -0.15) is 0 Å². The fourth-order valence-electron chi connectivity index (χ4n) is 2.72. The minimum atomic E-state index is 0.544. The van der Waals surface area contributed by atoms with Gasteiger partial charge in [-0.3, -0.25) is 0 Å². The lowest BCUT2D eigenvalue weighted by Crippen LogP contribution is -2.22. The molecular weight excluding hydrogens is 266 g/mol. The van der Waals surface area contributed by atoms with Crippen molar-refractivity contribution >= 4 is 11.3 Å². The molecule has 0 aliphatic heterocycles. The predicted molar refractivity (Wildman–Crippen MR) is 84.2 cm³/mol. The molecule has 1 aliphatic rings. The quantitative estimate of drug-likeness (QED) is 0.844. The minimum absolute atomic E-state index is 0.544. The summed E-state index contributed by atoms with van der Waals surface area (Å²) >= 11 is 1.77. The Kier molecular flexibility index (Phi) is 4.22. The second kappa shape index (κ2) is 6.10. The first kappa shape index (κ1) is 13.8. The minimum Gasteiger partial charge on any atom is -0.348 e. The second-order valence-electron chi connectivity index (χ2n) is 5.58. The molecule has 0 saturated heterocycles. The zero-order chi connectivity index (χ0) is 13.9. The Morgan fingerprint density at radius 2 is 2.30 bits per heavy atom. The molecule has 3 rings (SSSR count). The van der Waals surface area contributed by atoms with E-state index in [2.05, 4.69) is 52.6 Å². The fraction of sp³-hybridized carbons (Fsp3) is 0.562. The Hall–Kier alpha value is -1.13. The SMILES string of the molecule is CCNC(c1ccn(Cc2csc(CC)n2)c1)C1CC1. The molecule has 0 bridgehead atoms. The Labute approximate surface area is 125 Å². The summed E-state index contributed by atoms with van der Waals surface area (Å²) in [7, 11) is 0. The van der Waals surface area contributed by atoms with Crippen molar-refractivity contribution in [3.8, 4) is 0 Å². The van der Waals surface area contributed by atoms with Gasteiger partial charge in [0.2, 0.25) is 0 Å². The molecule has 0 aromatic carbocycles. The van der Waals surface area contributed by atoms with E-state index < -0.39 is 0 Å². The average molecular weight is 289 g/mol. The second-order valence-corrected chi connectivity index (χ2v) is 6.52. The van der Waals surface area contributed by atoms with Gasteiger partial charge in [0, 0.05) is 23.8 Å². The van der Waals surface area contributed by atoms with E-state index >= 15 is 0 Å². The third-order valence-corrected chi connectivity index (χ3v) is 4.94. The molecule has 108 valence electrons. The zero-order valence-electron chi connectivity index (χ0n) is 12.3. The highest BCUT2D eigenvalue weighted by Gasteiger charge is 2.31. The molecule has 20 heavy (non-hydrogen) atoms. The Balaban J connectivity index is 1.69. The topological polar surface area (TPSA) is 29.9 Å². The lowest BCUT2D eigenvalue weighted by Gasteiger charge is -2.15. The summed E-state index contributed by atoms with van der Waals surface area (Å²) < 4.78 is 2.26. The van der Waals surface area contributed by atoms with E-state index in [1.54, 1.807) is 11.3 Å². The van der Waals surface area contributed by atoms with Crippen LogP contribution in [0.1, 0.15) is 49.0 Å². The van der Waals surface area contributed by atoms with Crippen molar-refractivity contribution < 1.29 is 0 Å². The summed E-state index contributed by atoms with van der Waals surface area (Å²) in [5, 5.41) is 7.04. The first-order valence-corrected chi connectivity index (χ1v) is 8.50. The molecule has 1 N–H and O–H groups in total. The van der Waals surface area contributed by atoms with Crippen LogP contribution in [0.3, 0.4) is 0 Å². The largest absolute Gasteiger partial charge is 0.348 e. The molecular formula is C16H23N3S. The van der Waals surface area contributed by atoms with Crippen molar-refractivity contribution in [1.82, 2.24) is 14.9 Å². The van der Waals surface area contributed by atoms with Gasteiger partial charge in [-0.25, -0.2) is 4.98 Å². The summed E-state index contributed by atoms with van der Waals surface area (Å²) in [6, 6.07) is 2.81. The van der Waals surface area contributed by atoms with Crippen molar-refractivity contribution in [2.75, 3.05) is 6.54 Å². The molecule has 2 heterocycles. The van der Waals surface area contributed by atoms with Crippen molar-refractivity contribution in [3.63, 3.8) is 0 Å². The van der Waals surface area contributed by atoms with Gasteiger partial charge in [0.25, 0.3) is 0 Å². The summed E-state index contributed by atoms with van der Waals surface area (Å²) in [4.78, 5) is 4.64. The molecule has 1 saturated carbocycles. The highest BCUT2D eigenvalue weighted by atomic mass is 32.1. The summed E-state index contributed by atoms with van der Waals surface area (Å²) in [5.74, 6) is 0.844.